The van der Waals surface area contributed by atoms with E-state index in [9.17, 15) is 18.5 Å². The molecule has 2 N–H and O–H groups in total. The third kappa shape index (κ3) is 4.39. The first-order chi connectivity index (χ1) is 14.8. The van der Waals surface area contributed by atoms with Gasteiger partial charge in [-0.2, -0.15) is 10.5 Å². The molecule has 1 aromatic carbocycles. The van der Waals surface area contributed by atoms with Crippen molar-refractivity contribution < 1.29 is 13.2 Å². The molecule has 164 valence electrons. The highest BCUT2D eigenvalue weighted by Gasteiger charge is 2.50. The number of nitrogens with zero attached hydrogens (tertiary/aromatic N) is 2. The highest BCUT2D eigenvalue weighted by Crippen LogP contribution is 2.47. The van der Waals surface area contributed by atoms with Gasteiger partial charge in [0.25, 0.3) is 0 Å². The first kappa shape index (κ1) is 22.0. The molecule has 4 aliphatic rings. The van der Waals surface area contributed by atoms with Crippen LogP contribution in [0.15, 0.2) is 29.2 Å². The Labute approximate surface area is 183 Å². The summed E-state index contributed by atoms with van der Waals surface area (Å²) in [5.74, 6) is -0.143. The number of hydrogen-bond acceptors (Lipinski definition) is 6. The van der Waals surface area contributed by atoms with Gasteiger partial charge in [-0.1, -0.05) is 6.42 Å². The summed E-state index contributed by atoms with van der Waals surface area (Å²) in [6, 6.07) is 10.2. The van der Waals surface area contributed by atoms with Gasteiger partial charge in [-0.3, -0.25) is 4.79 Å². The van der Waals surface area contributed by atoms with Crippen LogP contribution in [0, 0.1) is 34.5 Å². The lowest BCUT2D eigenvalue weighted by molar-refractivity contribution is -0.123. The molecule has 0 radical (unpaired) electrons. The van der Waals surface area contributed by atoms with Crippen LogP contribution in [0.2, 0.25) is 0 Å². The number of rotatable bonds is 7. The second kappa shape index (κ2) is 8.35. The SMILES string of the molecule is N#Cc1ccc(S(=O)(=O)NC23CCC(NCC(=O)C4CCC[C@H]4C#N)(CC2)CC3)cc1. The van der Waals surface area contributed by atoms with Gasteiger partial charge in [-0.05, 0) is 75.6 Å². The van der Waals surface area contributed by atoms with Crippen LogP contribution in [0.1, 0.15) is 63.4 Å². The number of nitriles is 2. The Morgan fingerprint density at radius 1 is 1.00 bits per heavy atom. The van der Waals surface area contributed by atoms with E-state index in [2.05, 4.69) is 16.1 Å². The van der Waals surface area contributed by atoms with Crippen molar-refractivity contribution >= 4 is 15.8 Å². The Morgan fingerprint density at radius 3 is 2.19 bits per heavy atom. The van der Waals surface area contributed by atoms with E-state index in [0.717, 1.165) is 57.8 Å². The maximum atomic E-state index is 12.9. The molecule has 2 bridgehead atoms. The van der Waals surface area contributed by atoms with E-state index < -0.39 is 15.6 Å². The van der Waals surface area contributed by atoms with Crippen LogP contribution < -0.4 is 10.0 Å². The Bertz CT molecular complexity index is 1010. The second-order valence-electron chi connectivity index (χ2n) is 9.40. The molecule has 31 heavy (non-hydrogen) atoms. The molecule has 1 aromatic rings. The van der Waals surface area contributed by atoms with Gasteiger partial charge in [-0.15, -0.1) is 0 Å². The van der Waals surface area contributed by atoms with E-state index in [1.54, 1.807) is 0 Å². The number of hydrogen-bond donors (Lipinski definition) is 2. The van der Waals surface area contributed by atoms with Gasteiger partial charge in [0.15, 0.2) is 5.78 Å². The summed E-state index contributed by atoms with van der Waals surface area (Å²) in [5.41, 5.74) is -0.133. The summed E-state index contributed by atoms with van der Waals surface area (Å²) in [6.07, 6.45) is 7.23. The maximum absolute atomic E-state index is 12.9. The molecule has 0 amide bonds. The van der Waals surface area contributed by atoms with Gasteiger partial charge in [0, 0.05) is 17.0 Å². The molecule has 8 heteroatoms. The fraction of sp³-hybridized carbons (Fsp3) is 0.609. The average Bonchev–Trinajstić information content (AvgIpc) is 3.27. The van der Waals surface area contributed by atoms with E-state index in [1.807, 2.05) is 6.07 Å². The normalized spacial score (nSPS) is 32.3. The Balaban J connectivity index is 1.35. The first-order valence-corrected chi connectivity index (χ1v) is 12.5. The molecule has 4 fully saturated rings. The van der Waals surface area contributed by atoms with Crippen molar-refractivity contribution in [3.05, 3.63) is 29.8 Å². The van der Waals surface area contributed by atoms with Crippen LogP contribution in [0.4, 0.5) is 0 Å². The number of ketones is 1. The summed E-state index contributed by atoms with van der Waals surface area (Å²) >= 11 is 0. The van der Waals surface area contributed by atoms with Crippen molar-refractivity contribution in [3.8, 4) is 12.1 Å². The lowest BCUT2D eigenvalue weighted by Gasteiger charge is -2.53. The summed E-state index contributed by atoms with van der Waals surface area (Å²) in [7, 11) is -3.66. The van der Waals surface area contributed by atoms with Crippen LogP contribution in [-0.2, 0) is 14.8 Å². The van der Waals surface area contributed by atoms with Gasteiger partial charge in [0.1, 0.15) is 0 Å². The number of carbonyl (C=O) groups excluding carboxylic acids is 1. The fourth-order valence-electron chi connectivity index (χ4n) is 5.56. The predicted molar refractivity (Wildman–Crippen MR) is 114 cm³/mol. The van der Waals surface area contributed by atoms with Gasteiger partial charge in [-0.25, -0.2) is 13.1 Å². The fourth-order valence-corrected chi connectivity index (χ4v) is 7.05. The third-order valence-electron chi connectivity index (χ3n) is 7.62. The predicted octanol–water partition coefficient (Wildman–Crippen LogP) is 2.78. The molecule has 2 atom stereocenters. The number of carbonyl (C=O) groups is 1. The topological polar surface area (TPSA) is 123 Å². The minimum absolute atomic E-state index is 0.113. The summed E-state index contributed by atoms with van der Waals surface area (Å²) in [6.45, 7) is 0.298. The number of nitrogens with one attached hydrogen (secondary N) is 2. The highest BCUT2D eigenvalue weighted by molar-refractivity contribution is 7.89. The van der Waals surface area contributed by atoms with E-state index in [4.69, 9.17) is 5.26 Å². The minimum Gasteiger partial charge on any atom is -0.304 e. The Kier molecular flexibility index (Phi) is 5.91. The number of Topliss-reactive ketones (excluding diaryl/α,β-unsaturated/α-hetero) is 1. The van der Waals surface area contributed by atoms with Crippen molar-refractivity contribution in [2.24, 2.45) is 11.8 Å². The van der Waals surface area contributed by atoms with Crippen molar-refractivity contribution in [1.82, 2.24) is 10.0 Å². The second-order valence-corrected chi connectivity index (χ2v) is 11.1. The van der Waals surface area contributed by atoms with Crippen molar-refractivity contribution in [2.75, 3.05) is 6.54 Å². The Hall–Kier alpha value is -2.26. The molecule has 5 rings (SSSR count). The molecule has 4 saturated carbocycles. The molecule has 0 saturated heterocycles. The minimum atomic E-state index is -3.66. The van der Waals surface area contributed by atoms with Crippen LogP contribution in [0.3, 0.4) is 0 Å². The molecule has 0 aromatic heterocycles. The quantitative estimate of drug-likeness (QED) is 0.672. The van der Waals surface area contributed by atoms with E-state index in [1.165, 1.54) is 24.3 Å². The average molecular weight is 441 g/mol. The lowest BCUT2D eigenvalue weighted by atomic mass is 9.62. The van der Waals surface area contributed by atoms with Crippen LogP contribution in [-0.4, -0.2) is 31.8 Å². The summed E-state index contributed by atoms with van der Waals surface area (Å²) in [5, 5.41) is 21.7. The zero-order valence-corrected chi connectivity index (χ0v) is 18.4. The zero-order chi connectivity index (χ0) is 22.1. The van der Waals surface area contributed by atoms with Crippen molar-refractivity contribution in [3.63, 3.8) is 0 Å². The van der Waals surface area contributed by atoms with Gasteiger partial charge < -0.3 is 5.32 Å². The van der Waals surface area contributed by atoms with E-state index in [0.29, 0.717) is 12.1 Å². The molecule has 1 unspecified atom stereocenters. The highest BCUT2D eigenvalue weighted by atomic mass is 32.2. The van der Waals surface area contributed by atoms with Crippen LogP contribution in [0.5, 0.6) is 0 Å². The van der Waals surface area contributed by atoms with E-state index in [-0.39, 0.29) is 28.1 Å². The molecular formula is C23H28N4O3S. The number of fused-ring (bicyclic) bond motifs is 3. The lowest BCUT2D eigenvalue weighted by Crippen LogP contribution is -2.63. The first-order valence-electron chi connectivity index (χ1n) is 11.0. The molecule has 7 nitrogen and oxygen atoms in total. The molecular weight excluding hydrogens is 412 g/mol. The van der Waals surface area contributed by atoms with E-state index >= 15 is 0 Å². The largest absolute Gasteiger partial charge is 0.304 e. The van der Waals surface area contributed by atoms with Gasteiger partial charge in [0.2, 0.25) is 10.0 Å². The molecule has 4 aliphatic carbocycles. The maximum Gasteiger partial charge on any atom is 0.241 e. The smallest absolute Gasteiger partial charge is 0.241 e. The van der Waals surface area contributed by atoms with Gasteiger partial charge >= 0.3 is 0 Å². The molecule has 0 heterocycles. The third-order valence-corrected chi connectivity index (χ3v) is 9.22. The summed E-state index contributed by atoms with van der Waals surface area (Å²) in [4.78, 5) is 12.8. The summed E-state index contributed by atoms with van der Waals surface area (Å²) < 4.78 is 28.8. The van der Waals surface area contributed by atoms with Crippen LogP contribution >= 0.6 is 0 Å². The molecule has 0 aliphatic heterocycles. The number of sulfonamides is 1. The Morgan fingerprint density at radius 2 is 1.61 bits per heavy atom. The van der Waals surface area contributed by atoms with Crippen molar-refractivity contribution in [1.29, 1.82) is 10.5 Å². The van der Waals surface area contributed by atoms with Gasteiger partial charge in [0.05, 0.1) is 35.1 Å². The van der Waals surface area contributed by atoms with Crippen LogP contribution in [0.25, 0.3) is 0 Å². The molecule has 0 spiro atoms. The zero-order valence-electron chi connectivity index (χ0n) is 17.6. The standard InChI is InChI=1S/C23H28N4O3S/c24-14-17-4-6-19(7-5-17)31(29,30)27-23-11-8-22(9-12-23,10-13-23)26-16-21(28)20-3-1-2-18(20)15-25/h4-7,18,20,26-27H,1-3,8-13,16H2/t18-,20?,22?,23?/m0/s1. The number of benzene rings is 1. The van der Waals surface area contributed by atoms with Crippen molar-refractivity contribution in [2.45, 2.75) is 73.8 Å². The monoisotopic (exact) mass is 440 g/mol.